The molecule has 74 heavy (non-hydrogen) atoms. The number of nitrogens with two attached hydrogens (primary N) is 5. The van der Waals surface area contributed by atoms with Crippen molar-refractivity contribution in [3.63, 3.8) is 0 Å². The van der Waals surface area contributed by atoms with Crippen molar-refractivity contribution in [2.45, 2.75) is 121 Å². The van der Waals surface area contributed by atoms with Crippen LogP contribution in [0.4, 0.5) is 0 Å². The fourth-order valence-corrected chi connectivity index (χ4v) is 8.01. The summed E-state index contributed by atoms with van der Waals surface area (Å²) in [6, 6.07) is 8.06. The van der Waals surface area contributed by atoms with Crippen LogP contribution in [0.2, 0.25) is 0 Å². The van der Waals surface area contributed by atoms with Gasteiger partial charge < -0.3 is 75.9 Å². The molecule has 4 aromatic rings. The third-order valence-corrected chi connectivity index (χ3v) is 12.1. The number of carbonyl (C=O) groups is 8. The number of guanidine groups is 1. The Morgan fingerprint density at radius 2 is 1.22 bits per heavy atom. The van der Waals surface area contributed by atoms with Gasteiger partial charge in [-0.1, -0.05) is 76.2 Å². The first-order valence-electron chi connectivity index (χ1n) is 24.7. The highest BCUT2D eigenvalue weighted by molar-refractivity contribution is 5.97. The molecule has 402 valence electrons. The molecule has 0 saturated heterocycles. The molecular weight excluding hydrogens is 953 g/mol. The number of aromatic amines is 2. The predicted octanol–water partition coefficient (Wildman–Crippen LogP) is -1.75. The van der Waals surface area contributed by atoms with E-state index in [1.165, 1.54) is 12.5 Å². The summed E-state index contributed by atoms with van der Waals surface area (Å²) in [7, 11) is 0. The number of rotatable bonds is 31. The third kappa shape index (κ3) is 19.0. The highest BCUT2D eigenvalue weighted by atomic mass is 16.2. The van der Waals surface area contributed by atoms with Crippen LogP contribution in [0.15, 0.2) is 78.3 Å². The Hall–Kier alpha value is -7.86. The van der Waals surface area contributed by atoms with E-state index in [1.807, 2.05) is 24.3 Å². The number of H-pyrrole nitrogens is 2. The number of nitrogens with one attached hydrogen (secondary N) is 9. The fourth-order valence-electron chi connectivity index (χ4n) is 8.01. The molecule has 4 rings (SSSR count). The second-order valence-electron chi connectivity index (χ2n) is 18.8. The number of imidazole rings is 1. The van der Waals surface area contributed by atoms with Crippen molar-refractivity contribution >= 4 is 64.1 Å². The molecule has 24 heteroatoms. The van der Waals surface area contributed by atoms with Gasteiger partial charge in [-0.15, -0.1) is 0 Å². The topological polar surface area (TPSA) is 408 Å². The first-order valence-corrected chi connectivity index (χ1v) is 24.7. The fraction of sp³-hybridized carbons (Fsp3) is 0.480. The van der Waals surface area contributed by atoms with Crippen molar-refractivity contribution in [1.29, 1.82) is 0 Å². The molecule has 0 spiro atoms. The standard InChI is InChI=1S/C50H74N16O8/c1-28(2)41(43(53)68)65-48(73)38(21-30-13-6-5-7-14-30)63-46(71)36(17-10-11-19-51)61-40(67)26-59-45(70)39(22-31-24-58-35-16-9-8-15-33(31)35)64-47(72)37(18-12-20-57-50(54)55)62-49(74)42(29(3)4)66-44(69)34(52)23-32-25-56-27-60-32/h5-9,13-16,24-25,27-29,34,36-39,41-42,58H,10-12,17-23,26,51-52H2,1-4H3,(H2,53,68)(H,56,60)(H,59,70)(H,61,67)(H,62,74)(H,63,71)(H,64,72)(H,65,73)(H,66,69)(H4,54,55,57)/t34?,36?,37?,38?,39?,41?,42-/m1/s1. The summed E-state index contributed by atoms with van der Waals surface area (Å²) in [6.45, 7) is 6.62. The number of amides is 8. The van der Waals surface area contributed by atoms with Gasteiger partial charge in [0.15, 0.2) is 5.96 Å². The van der Waals surface area contributed by atoms with E-state index in [2.05, 4.69) is 57.2 Å². The Bertz CT molecular complexity index is 2510. The van der Waals surface area contributed by atoms with E-state index in [-0.39, 0.29) is 56.9 Å². The molecule has 7 atom stereocenters. The number of primary amides is 1. The van der Waals surface area contributed by atoms with Crippen molar-refractivity contribution in [3.05, 3.63) is 90.1 Å². The Labute approximate surface area is 430 Å². The minimum Gasteiger partial charge on any atom is -0.370 e. The van der Waals surface area contributed by atoms with Gasteiger partial charge >= 0.3 is 0 Å². The van der Waals surface area contributed by atoms with Crippen molar-refractivity contribution in [2.24, 2.45) is 45.5 Å². The van der Waals surface area contributed by atoms with Crippen LogP contribution in [0, 0.1) is 11.8 Å². The predicted molar refractivity (Wildman–Crippen MR) is 279 cm³/mol. The SMILES string of the molecule is CC(C)C(NC(=O)C(Cc1ccccc1)NC(=O)C(CCCCN)NC(=O)CNC(=O)C(Cc1c[nH]c2ccccc12)NC(=O)C(CCCN=C(N)N)NC(=O)[C@H](NC(=O)C(N)Cc1cnc[nH]1)C(C)C)C(N)=O. The van der Waals surface area contributed by atoms with Crippen LogP contribution in [0.3, 0.4) is 0 Å². The lowest BCUT2D eigenvalue weighted by Crippen LogP contribution is -2.59. The van der Waals surface area contributed by atoms with Gasteiger partial charge in [0, 0.05) is 54.8 Å². The van der Waals surface area contributed by atoms with Gasteiger partial charge in [-0.25, -0.2) is 4.98 Å². The Morgan fingerprint density at radius 3 is 1.84 bits per heavy atom. The van der Waals surface area contributed by atoms with Gasteiger partial charge in [-0.3, -0.25) is 43.3 Å². The molecular formula is C50H74N16O8. The number of para-hydroxylation sites is 1. The summed E-state index contributed by atoms with van der Waals surface area (Å²) in [4.78, 5) is 123. The van der Waals surface area contributed by atoms with Crippen LogP contribution >= 0.6 is 0 Å². The Morgan fingerprint density at radius 1 is 0.622 bits per heavy atom. The van der Waals surface area contributed by atoms with Crippen molar-refractivity contribution in [2.75, 3.05) is 19.6 Å². The number of aliphatic imine (C=N–C) groups is 1. The molecule has 2 aromatic heterocycles. The zero-order chi connectivity index (χ0) is 54.3. The largest absolute Gasteiger partial charge is 0.370 e. The number of benzene rings is 2. The number of hydrogen-bond acceptors (Lipinski definition) is 12. The summed E-state index contributed by atoms with van der Waals surface area (Å²) in [5, 5.41) is 19.6. The minimum absolute atomic E-state index is 0.00120. The van der Waals surface area contributed by atoms with Gasteiger partial charge in [-0.05, 0) is 67.7 Å². The summed E-state index contributed by atoms with van der Waals surface area (Å²) in [5.74, 6) is -6.71. The quantitative estimate of drug-likeness (QED) is 0.0151. The lowest BCUT2D eigenvalue weighted by molar-refractivity contribution is -0.135. The van der Waals surface area contributed by atoms with Crippen LogP contribution in [0.1, 0.15) is 76.6 Å². The van der Waals surface area contributed by atoms with Gasteiger partial charge in [0.1, 0.15) is 36.3 Å². The van der Waals surface area contributed by atoms with Gasteiger partial charge in [0.05, 0.1) is 18.9 Å². The molecule has 2 aromatic carbocycles. The average molecular weight is 1030 g/mol. The maximum absolute atomic E-state index is 14.4. The summed E-state index contributed by atoms with van der Waals surface area (Å²) < 4.78 is 0. The Balaban J connectivity index is 1.55. The molecule has 0 saturated carbocycles. The lowest BCUT2D eigenvalue weighted by Gasteiger charge is -2.27. The number of aromatic nitrogens is 3. The number of fused-ring (bicyclic) bond motifs is 1. The maximum atomic E-state index is 14.4. The van der Waals surface area contributed by atoms with Crippen molar-refractivity contribution < 1.29 is 38.4 Å². The third-order valence-electron chi connectivity index (χ3n) is 12.1. The second-order valence-corrected chi connectivity index (χ2v) is 18.8. The first-order chi connectivity index (χ1) is 35.3. The van der Waals surface area contributed by atoms with Gasteiger partial charge in [0.2, 0.25) is 47.3 Å². The van der Waals surface area contributed by atoms with E-state index >= 15 is 0 Å². The molecule has 19 N–H and O–H groups in total. The molecule has 0 fully saturated rings. The number of carbonyl (C=O) groups excluding carboxylic acids is 8. The zero-order valence-electron chi connectivity index (χ0n) is 42.4. The van der Waals surface area contributed by atoms with E-state index in [1.54, 1.807) is 64.2 Å². The molecule has 0 aliphatic heterocycles. The van der Waals surface area contributed by atoms with E-state index in [0.29, 0.717) is 36.2 Å². The average Bonchev–Trinajstić information content (AvgIpc) is 4.04. The molecule has 24 nitrogen and oxygen atoms in total. The van der Waals surface area contributed by atoms with E-state index < -0.39 is 102 Å². The molecule has 2 heterocycles. The first kappa shape index (κ1) is 58.7. The normalized spacial score (nSPS) is 14.1. The second kappa shape index (κ2) is 29.6. The molecule has 6 unspecified atom stereocenters. The van der Waals surface area contributed by atoms with Crippen LogP contribution in [-0.4, -0.2) is 130 Å². The highest BCUT2D eigenvalue weighted by Crippen LogP contribution is 2.20. The zero-order valence-corrected chi connectivity index (χ0v) is 42.4. The monoisotopic (exact) mass is 1030 g/mol. The van der Waals surface area contributed by atoms with Gasteiger partial charge in [-0.2, -0.15) is 0 Å². The molecule has 0 aliphatic carbocycles. The molecule has 0 aliphatic rings. The van der Waals surface area contributed by atoms with Crippen LogP contribution in [0.5, 0.6) is 0 Å². The molecule has 8 amide bonds. The Kier molecular flexibility index (Phi) is 23.5. The molecule has 0 radical (unpaired) electrons. The molecule has 0 bridgehead atoms. The number of hydrogen-bond donors (Lipinski definition) is 14. The van der Waals surface area contributed by atoms with Crippen molar-refractivity contribution in [3.8, 4) is 0 Å². The highest BCUT2D eigenvalue weighted by Gasteiger charge is 2.34. The number of nitrogens with zero attached hydrogens (tertiary/aromatic N) is 2. The lowest BCUT2D eigenvalue weighted by atomic mass is 10.0. The van der Waals surface area contributed by atoms with E-state index in [4.69, 9.17) is 28.7 Å². The smallest absolute Gasteiger partial charge is 0.243 e. The van der Waals surface area contributed by atoms with Crippen LogP contribution in [-0.2, 0) is 57.6 Å². The van der Waals surface area contributed by atoms with Gasteiger partial charge in [0.25, 0.3) is 0 Å². The van der Waals surface area contributed by atoms with Crippen LogP contribution in [0.25, 0.3) is 10.9 Å². The maximum Gasteiger partial charge on any atom is 0.243 e. The van der Waals surface area contributed by atoms with Crippen LogP contribution < -0.4 is 65.9 Å². The summed E-state index contributed by atoms with van der Waals surface area (Å²) in [5.41, 5.74) is 31.3. The van der Waals surface area contributed by atoms with E-state index in [0.717, 1.165) is 10.9 Å². The summed E-state index contributed by atoms with van der Waals surface area (Å²) in [6.07, 6.45) is 6.03. The van der Waals surface area contributed by atoms with Crippen molar-refractivity contribution in [1.82, 2.24) is 52.2 Å². The van der Waals surface area contributed by atoms with E-state index in [9.17, 15) is 38.4 Å². The summed E-state index contributed by atoms with van der Waals surface area (Å²) >= 11 is 0. The minimum atomic E-state index is -1.33. The number of unbranched alkanes of at least 4 members (excludes halogenated alkanes) is 1.